The number of anilines is 1. The maximum Gasteiger partial charge on any atom is 0.125 e. The van der Waals surface area contributed by atoms with E-state index >= 15 is 0 Å². The molecule has 0 radical (unpaired) electrons. The summed E-state index contributed by atoms with van der Waals surface area (Å²) in [6.45, 7) is 1.92. The van der Waals surface area contributed by atoms with Gasteiger partial charge in [0.25, 0.3) is 0 Å². The summed E-state index contributed by atoms with van der Waals surface area (Å²) in [6, 6.07) is 10.6. The Hall–Kier alpha value is -2.23. The summed E-state index contributed by atoms with van der Waals surface area (Å²) in [5.74, 6) is -0.278. The fraction of sp³-hybridized carbons (Fsp3) is 0.200. The van der Waals surface area contributed by atoms with E-state index in [4.69, 9.17) is 0 Å². The average Bonchev–Trinajstić information content (AvgIpc) is 2.36. The first-order valence-electron chi connectivity index (χ1n) is 5.98. The van der Waals surface area contributed by atoms with Gasteiger partial charge >= 0.3 is 0 Å². The number of nitrogens with zero attached hydrogens (tertiary/aromatic N) is 1. The minimum absolute atomic E-state index is 0.00879. The second kappa shape index (κ2) is 5.18. The molecule has 0 heterocycles. The number of halogens is 1. The second-order valence-corrected chi connectivity index (χ2v) is 4.55. The molecule has 0 aliphatic carbocycles. The highest BCUT2D eigenvalue weighted by molar-refractivity contribution is 5.49. The molecule has 0 fully saturated rings. The summed E-state index contributed by atoms with van der Waals surface area (Å²) in [4.78, 5) is 1.87. The van der Waals surface area contributed by atoms with Crippen LogP contribution in [-0.4, -0.2) is 17.3 Å². The van der Waals surface area contributed by atoms with E-state index in [2.05, 4.69) is 0 Å². The molecule has 0 amide bonds. The maximum atomic E-state index is 13.2. The predicted octanol–water partition coefficient (Wildman–Crippen LogP) is 3.43. The zero-order chi connectivity index (χ0) is 14.0. The van der Waals surface area contributed by atoms with Crippen molar-refractivity contribution in [3.63, 3.8) is 0 Å². The highest BCUT2D eigenvalue weighted by Gasteiger charge is 2.14. The molecule has 2 aromatic carbocycles. The van der Waals surface area contributed by atoms with E-state index in [0.29, 0.717) is 0 Å². The Balaban J connectivity index is 2.30. The normalized spacial score (nSPS) is 12.2. The third-order valence-corrected chi connectivity index (χ3v) is 3.20. The fourth-order valence-electron chi connectivity index (χ4n) is 2.00. The van der Waals surface area contributed by atoms with Gasteiger partial charge in [0.15, 0.2) is 0 Å². The van der Waals surface area contributed by atoms with Crippen LogP contribution < -0.4 is 4.90 Å². The van der Waals surface area contributed by atoms with Crippen molar-refractivity contribution in [1.29, 1.82) is 0 Å². The maximum absolute atomic E-state index is 13.2. The lowest BCUT2D eigenvalue weighted by atomic mass is 10.1. The lowest BCUT2D eigenvalue weighted by Gasteiger charge is -2.27. The lowest BCUT2D eigenvalue weighted by molar-refractivity contribution is 0.448. The smallest absolute Gasteiger partial charge is 0.125 e. The summed E-state index contributed by atoms with van der Waals surface area (Å²) in [7, 11) is 1.83. The van der Waals surface area contributed by atoms with Gasteiger partial charge in [0.05, 0.1) is 6.04 Å². The Labute approximate surface area is 111 Å². The predicted molar refractivity (Wildman–Crippen MR) is 73.0 cm³/mol. The van der Waals surface area contributed by atoms with Crippen molar-refractivity contribution < 1.29 is 14.6 Å². The summed E-state index contributed by atoms with van der Waals surface area (Å²) in [6.07, 6.45) is 0. The van der Waals surface area contributed by atoms with Crippen molar-refractivity contribution in [1.82, 2.24) is 0 Å². The molecular formula is C15H16FNO2. The summed E-state index contributed by atoms with van der Waals surface area (Å²) in [5.41, 5.74) is 1.49. The van der Waals surface area contributed by atoms with Gasteiger partial charge in [-0.1, -0.05) is 6.07 Å². The highest BCUT2D eigenvalue weighted by atomic mass is 19.1. The Morgan fingerprint density at radius 3 is 2.26 bits per heavy atom. The standard InChI is InChI=1S/C15H16FNO2/c1-10(11-6-14(18)9-15(19)7-11)17(2)13-5-3-4-12(16)8-13/h3-10,18-19H,1-2H3. The van der Waals surface area contributed by atoms with E-state index in [0.717, 1.165) is 11.3 Å². The molecule has 100 valence electrons. The van der Waals surface area contributed by atoms with Crippen molar-refractivity contribution in [2.45, 2.75) is 13.0 Å². The summed E-state index contributed by atoms with van der Waals surface area (Å²) < 4.78 is 13.2. The Kier molecular flexibility index (Phi) is 3.60. The number of benzene rings is 2. The monoisotopic (exact) mass is 261 g/mol. The third-order valence-electron chi connectivity index (χ3n) is 3.20. The van der Waals surface area contributed by atoms with Crippen molar-refractivity contribution >= 4 is 5.69 Å². The summed E-state index contributed by atoms with van der Waals surface area (Å²) >= 11 is 0. The summed E-state index contributed by atoms with van der Waals surface area (Å²) in [5, 5.41) is 19.0. The van der Waals surface area contributed by atoms with E-state index in [1.165, 1.54) is 18.2 Å². The average molecular weight is 261 g/mol. The number of hydrogen-bond donors (Lipinski definition) is 2. The molecule has 0 aliphatic rings. The van der Waals surface area contributed by atoms with E-state index in [1.807, 2.05) is 24.9 Å². The molecule has 4 heteroatoms. The van der Waals surface area contributed by atoms with Gasteiger partial charge in [-0.3, -0.25) is 0 Å². The number of phenols is 2. The molecule has 2 N–H and O–H groups in total. The Morgan fingerprint density at radius 1 is 1.05 bits per heavy atom. The van der Waals surface area contributed by atoms with E-state index in [1.54, 1.807) is 18.2 Å². The molecule has 0 saturated carbocycles. The topological polar surface area (TPSA) is 43.7 Å². The van der Waals surface area contributed by atoms with Crippen LogP contribution in [0.15, 0.2) is 42.5 Å². The molecule has 2 rings (SSSR count). The van der Waals surface area contributed by atoms with Crippen LogP contribution in [0, 0.1) is 5.82 Å². The van der Waals surface area contributed by atoms with E-state index in [9.17, 15) is 14.6 Å². The molecule has 19 heavy (non-hydrogen) atoms. The third kappa shape index (κ3) is 2.96. The molecule has 0 aliphatic heterocycles. The zero-order valence-corrected chi connectivity index (χ0v) is 10.8. The molecule has 0 spiro atoms. The molecule has 1 unspecified atom stereocenters. The molecule has 3 nitrogen and oxygen atoms in total. The van der Waals surface area contributed by atoms with E-state index < -0.39 is 0 Å². The minimum Gasteiger partial charge on any atom is -0.508 e. The molecule has 2 aromatic rings. The van der Waals surface area contributed by atoms with Crippen LogP contribution >= 0.6 is 0 Å². The van der Waals surface area contributed by atoms with Crippen molar-refractivity contribution in [3.05, 3.63) is 53.8 Å². The van der Waals surface area contributed by atoms with Crippen molar-refractivity contribution in [2.24, 2.45) is 0 Å². The number of hydrogen-bond acceptors (Lipinski definition) is 3. The van der Waals surface area contributed by atoms with Crippen LogP contribution in [0.4, 0.5) is 10.1 Å². The van der Waals surface area contributed by atoms with E-state index in [-0.39, 0.29) is 23.4 Å². The minimum atomic E-state index is -0.296. The zero-order valence-electron chi connectivity index (χ0n) is 10.8. The number of rotatable bonds is 3. The van der Waals surface area contributed by atoms with Gasteiger partial charge in [-0.2, -0.15) is 0 Å². The first kappa shape index (κ1) is 13.2. The van der Waals surface area contributed by atoms with Gasteiger partial charge < -0.3 is 15.1 Å². The second-order valence-electron chi connectivity index (χ2n) is 4.55. The first-order chi connectivity index (χ1) is 8.97. The lowest BCUT2D eigenvalue weighted by Crippen LogP contribution is -2.21. The van der Waals surface area contributed by atoms with Crippen LogP contribution in [0.3, 0.4) is 0 Å². The van der Waals surface area contributed by atoms with Crippen LogP contribution in [0.25, 0.3) is 0 Å². The molecule has 0 bridgehead atoms. The molecule has 1 atom stereocenters. The molecule has 0 saturated heterocycles. The van der Waals surface area contributed by atoms with Gasteiger partial charge in [-0.15, -0.1) is 0 Å². The van der Waals surface area contributed by atoms with Gasteiger partial charge in [0.1, 0.15) is 17.3 Å². The molecular weight excluding hydrogens is 245 g/mol. The van der Waals surface area contributed by atoms with Gasteiger partial charge in [0.2, 0.25) is 0 Å². The number of aromatic hydroxyl groups is 2. The first-order valence-corrected chi connectivity index (χ1v) is 5.98. The Bertz CT molecular complexity index is 566. The fourth-order valence-corrected chi connectivity index (χ4v) is 2.00. The van der Waals surface area contributed by atoms with Crippen LogP contribution in [-0.2, 0) is 0 Å². The van der Waals surface area contributed by atoms with Gasteiger partial charge in [-0.05, 0) is 42.8 Å². The van der Waals surface area contributed by atoms with Crippen molar-refractivity contribution in [2.75, 3.05) is 11.9 Å². The largest absolute Gasteiger partial charge is 0.508 e. The van der Waals surface area contributed by atoms with Gasteiger partial charge in [-0.25, -0.2) is 4.39 Å². The quantitative estimate of drug-likeness (QED) is 0.889. The van der Waals surface area contributed by atoms with Crippen LogP contribution in [0.2, 0.25) is 0 Å². The highest BCUT2D eigenvalue weighted by Crippen LogP contribution is 2.30. The van der Waals surface area contributed by atoms with Crippen molar-refractivity contribution in [3.8, 4) is 11.5 Å². The number of phenolic OH excluding ortho intramolecular Hbond substituents is 2. The van der Waals surface area contributed by atoms with Crippen LogP contribution in [0.1, 0.15) is 18.5 Å². The Morgan fingerprint density at radius 2 is 1.68 bits per heavy atom. The molecule has 0 aromatic heterocycles. The van der Waals surface area contributed by atoms with Gasteiger partial charge in [0, 0.05) is 18.8 Å². The van der Waals surface area contributed by atoms with Crippen LogP contribution in [0.5, 0.6) is 11.5 Å². The SMILES string of the molecule is CC(c1cc(O)cc(O)c1)N(C)c1cccc(F)c1.